The van der Waals surface area contributed by atoms with E-state index in [1.807, 2.05) is 31.3 Å². The molecule has 4 nitrogen and oxygen atoms in total. The van der Waals surface area contributed by atoms with Gasteiger partial charge in [-0.3, -0.25) is 4.79 Å². The molecule has 0 saturated carbocycles. The summed E-state index contributed by atoms with van der Waals surface area (Å²) in [4.78, 5) is 14.5. The van der Waals surface area contributed by atoms with Crippen molar-refractivity contribution < 1.29 is 9.53 Å². The van der Waals surface area contributed by atoms with Crippen molar-refractivity contribution in [3.05, 3.63) is 34.9 Å². The first kappa shape index (κ1) is 15.3. The molecule has 0 spiro atoms. The van der Waals surface area contributed by atoms with Crippen LogP contribution in [0.15, 0.2) is 24.3 Å². The standard InChI is InChI=1S/C15H21ClN2O2/c1-18(9-12-5-3-4-6-13(12)16)14(19)15(11-20-2)7-8-17-10-15/h3-6,17H,7-11H2,1-2H3. The SMILES string of the molecule is COCC1(C(=O)N(C)Cc2ccccc2Cl)CCNC1. The zero-order valence-corrected chi connectivity index (χ0v) is 12.7. The molecule has 0 bridgehead atoms. The number of benzene rings is 1. The Labute approximate surface area is 125 Å². The molecule has 1 aromatic carbocycles. The van der Waals surface area contributed by atoms with Crippen LogP contribution in [0.25, 0.3) is 0 Å². The van der Waals surface area contributed by atoms with Crippen molar-refractivity contribution in [1.29, 1.82) is 0 Å². The molecular formula is C15H21ClN2O2. The fourth-order valence-corrected chi connectivity index (χ4v) is 2.94. The normalized spacial score (nSPS) is 21.9. The van der Waals surface area contributed by atoms with Gasteiger partial charge in [0.15, 0.2) is 0 Å². The van der Waals surface area contributed by atoms with E-state index in [0.29, 0.717) is 24.7 Å². The first-order valence-corrected chi connectivity index (χ1v) is 7.15. The van der Waals surface area contributed by atoms with Gasteiger partial charge in [0.1, 0.15) is 0 Å². The first-order chi connectivity index (χ1) is 9.59. The summed E-state index contributed by atoms with van der Waals surface area (Å²) < 4.78 is 5.26. The number of hydrogen-bond donors (Lipinski definition) is 1. The Hall–Kier alpha value is -1.10. The van der Waals surface area contributed by atoms with E-state index in [-0.39, 0.29) is 5.91 Å². The van der Waals surface area contributed by atoms with Crippen molar-refractivity contribution in [2.45, 2.75) is 13.0 Å². The second-order valence-corrected chi connectivity index (χ2v) is 5.80. The van der Waals surface area contributed by atoms with E-state index in [9.17, 15) is 4.79 Å². The maximum atomic E-state index is 12.7. The molecule has 1 aliphatic rings. The highest BCUT2D eigenvalue weighted by Crippen LogP contribution is 2.29. The summed E-state index contributed by atoms with van der Waals surface area (Å²) in [5.74, 6) is 0.115. The summed E-state index contributed by atoms with van der Waals surface area (Å²) in [6, 6.07) is 7.61. The number of ether oxygens (including phenoxy) is 1. The summed E-state index contributed by atoms with van der Waals surface area (Å²) in [5.41, 5.74) is 0.522. The Morgan fingerprint density at radius 3 is 2.85 bits per heavy atom. The highest BCUT2D eigenvalue weighted by molar-refractivity contribution is 6.31. The zero-order chi connectivity index (χ0) is 14.6. The van der Waals surface area contributed by atoms with E-state index < -0.39 is 5.41 Å². The van der Waals surface area contributed by atoms with Crippen LogP contribution in [-0.4, -0.2) is 44.7 Å². The van der Waals surface area contributed by atoms with Crippen LogP contribution in [0.4, 0.5) is 0 Å². The minimum absolute atomic E-state index is 0.115. The fourth-order valence-electron chi connectivity index (χ4n) is 2.75. The van der Waals surface area contributed by atoms with E-state index in [0.717, 1.165) is 18.5 Å². The van der Waals surface area contributed by atoms with Gasteiger partial charge in [0.05, 0.1) is 12.0 Å². The van der Waals surface area contributed by atoms with E-state index in [4.69, 9.17) is 16.3 Å². The topological polar surface area (TPSA) is 41.6 Å². The van der Waals surface area contributed by atoms with Crippen molar-refractivity contribution in [3.63, 3.8) is 0 Å². The van der Waals surface area contributed by atoms with Gasteiger partial charge in [-0.15, -0.1) is 0 Å². The number of carbonyl (C=O) groups is 1. The first-order valence-electron chi connectivity index (χ1n) is 6.78. The minimum Gasteiger partial charge on any atom is -0.384 e. The lowest BCUT2D eigenvalue weighted by molar-refractivity contribution is -0.143. The van der Waals surface area contributed by atoms with Gasteiger partial charge in [0, 0.05) is 32.3 Å². The average molecular weight is 297 g/mol. The molecule has 0 aliphatic carbocycles. The summed E-state index contributed by atoms with van der Waals surface area (Å²) >= 11 is 6.15. The van der Waals surface area contributed by atoms with Crippen LogP contribution in [0, 0.1) is 5.41 Å². The summed E-state index contributed by atoms with van der Waals surface area (Å²) in [6.45, 7) is 2.50. The van der Waals surface area contributed by atoms with Crippen molar-refractivity contribution in [3.8, 4) is 0 Å². The Balaban J connectivity index is 2.10. The third-order valence-corrected chi connectivity index (χ3v) is 4.20. The molecule has 0 aromatic heterocycles. The summed E-state index contributed by atoms with van der Waals surface area (Å²) in [5, 5.41) is 3.95. The number of amides is 1. The number of carbonyl (C=O) groups excluding carboxylic acids is 1. The van der Waals surface area contributed by atoms with E-state index in [1.165, 1.54) is 0 Å². The lowest BCUT2D eigenvalue weighted by atomic mass is 9.86. The van der Waals surface area contributed by atoms with Gasteiger partial charge in [0.25, 0.3) is 0 Å². The number of nitrogens with zero attached hydrogens (tertiary/aromatic N) is 1. The van der Waals surface area contributed by atoms with Crippen LogP contribution in [-0.2, 0) is 16.1 Å². The van der Waals surface area contributed by atoms with E-state index >= 15 is 0 Å². The molecule has 1 aromatic rings. The number of halogens is 1. The molecule has 1 amide bonds. The molecule has 5 heteroatoms. The van der Waals surface area contributed by atoms with Crippen molar-refractivity contribution >= 4 is 17.5 Å². The minimum atomic E-state index is -0.440. The molecule has 1 fully saturated rings. The number of rotatable bonds is 5. The van der Waals surface area contributed by atoms with Gasteiger partial charge in [-0.05, 0) is 24.6 Å². The molecule has 0 radical (unpaired) electrons. The van der Waals surface area contributed by atoms with Crippen molar-refractivity contribution in [2.24, 2.45) is 5.41 Å². The highest BCUT2D eigenvalue weighted by atomic mass is 35.5. The molecule has 1 atom stereocenters. The molecule has 20 heavy (non-hydrogen) atoms. The van der Waals surface area contributed by atoms with Crippen LogP contribution < -0.4 is 5.32 Å². The average Bonchev–Trinajstić information content (AvgIpc) is 2.90. The second-order valence-electron chi connectivity index (χ2n) is 5.39. The van der Waals surface area contributed by atoms with Gasteiger partial charge in [-0.2, -0.15) is 0 Å². The third-order valence-electron chi connectivity index (χ3n) is 3.83. The van der Waals surface area contributed by atoms with Crippen LogP contribution in [0.5, 0.6) is 0 Å². The molecule has 1 unspecified atom stereocenters. The Morgan fingerprint density at radius 1 is 1.50 bits per heavy atom. The Kier molecular flexibility index (Phi) is 5.02. The van der Waals surface area contributed by atoms with Gasteiger partial charge >= 0.3 is 0 Å². The van der Waals surface area contributed by atoms with Crippen LogP contribution >= 0.6 is 11.6 Å². The lowest BCUT2D eigenvalue weighted by Gasteiger charge is -2.31. The molecule has 1 heterocycles. The Bertz CT molecular complexity index is 473. The molecule has 110 valence electrons. The summed E-state index contributed by atoms with van der Waals surface area (Å²) in [7, 11) is 3.46. The number of nitrogens with one attached hydrogen (secondary N) is 1. The van der Waals surface area contributed by atoms with E-state index in [1.54, 1.807) is 12.0 Å². The lowest BCUT2D eigenvalue weighted by Crippen LogP contribution is -2.46. The monoisotopic (exact) mass is 296 g/mol. The highest BCUT2D eigenvalue weighted by Gasteiger charge is 2.42. The van der Waals surface area contributed by atoms with Gasteiger partial charge < -0.3 is 15.0 Å². The maximum absolute atomic E-state index is 12.7. The smallest absolute Gasteiger partial charge is 0.232 e. The summed E-state index contributed by atoms with van der Waals surface area (Å²) in [6.07, 6.45) is 0.812. The van der Waals surface area contributed by atoms with Gasteiger partial charge in [0.2, 0.25) is 5.91 Å². The molecule has 2 rings (SSSR count). The van der Waals surface area contributed by atoms with Gasteiger partial charge in [-0.1, -0.05) is 29.8 Å². The fraction of sp³-hybridized carbons (Fsp3) is 0.533. The number of hydrogen-bond acceptors (Lipinski definition) is 3. The largest absolute Gasteiger partial charge is 0.384 e. The predicted octanol–water partition coefficient (Wildman–Crippen LogP) is 1.92. The predicted molar refractivity (Wildman–Crippen MR) is 79.7 cm³/mol. The van der Waals surface area contributed by atoms with Crippen molar-refractivity contribution in [2.75, 3.05) is 33.9 Å². The zero-order valence-electron chi connectivity index (χ0n) is 12.0. The van der Waals surface area contributed by atoms with Crippen molar-refractivity contribution in [1.82, 2.24) is 10.2 Å². The Morgan fingerprint density at radius 2 is 2.25 bits per heavy atom. The maximum Gasteiger partial charge on any atom is 0.232 e. The van der Waals surface area contributed by atoms with E-state index in [2.05, 4.69) is 5.32 Å². The third kappa shape index (κ3) is 3.14. The quantitative estimate of drug-likeness (QED) is 0.903. The van der Waals surface area contributed by atoms with Crippen LogP contribution in [0.3, 0.4) is 0 Å². The van der Waals surface area contributed by atoms with Crippen LogP contribution in [0.2, 0.25) is 5.02 Å². The molecular weight excluding hydrogens is 276 g/mol. The second kappa shape index (κ2) is 6.57. The number of methoxy groups -OCH3 is 1. The molecule has 1 saturated heterocycles. The van der Waals surface area contributed by atoms with Crippen LogP contribution in [0.1, 0.15) is 12.0 Å². The van der Waals surface area contributed by atoms with Gasteiger partial charge in [-0.25, -0.2) is 0 Å². The molecule has 1 N–H and O–H groups in total. The molecule has 1 aliphatic heterocycles.